The van der Waals surface area contributed by atoms with Crippen molar-refractivity contribution >= 4 is 5.97 Å². The van der Waals surface area contributed by atoms with Crippen LogP contribution in [0.15, 0.2) is 12.7 Å². The molecule has 0 aliphatic heterocycles. The maximum atomic E-state index is 11.3. The molecule has 0 aliphatic carbocycles. The highest BCUT2D eigenvalue weighted by Gasteiger charge is 2.33. The molecule has 1 unspecified atom stereocenters. The largest absolute Gasteiger partial charge is 0.410 e. The van der Waals surface area contributed by atoms with Gasteiger partial charge in [-0.05, 0) is 19.3 Å². The zero-order valence-electron chi connectivity index (χ0n) is 11.9. The second-order valence-electron chi connectivity index (χ2n) is 4.63. The van der Waals surface area contributed by atoms with Gasteiger partial charge >= 0.3 is 5.97 Å². The molecule has 0 fully saturated rings. The van der Waals surface area contributed by atoms with E-state index in [2.05, 4.69) is 27.4 Å². The molecule has 1 atom stereocenters. The zero-order chi connectivity index (χ0) is 13.3. The molecule has 0 aromatic rings. The van der Waals surface area contributed by atoms with Gasteiger partial charge in [0.25, 0.3) is 0 Å². The lowest BCUT2D eigenvalue weighted by molar-refractivity contribution is -0.967. The summed E-state index contributed by atoms with van der Waals surface area (Å²) in [6.45, 7) is 15.2. The van der Waals surface area contributed by atoms with Crippen molar-refractivity contribution in [2.75, 3.05) is 19.6 Å². The lowest BCUT2D eigenvalue weighted by Gasteiger charge is -2.42. The van der Waals surface area contributed by atoms with Crippen molar-refractivity contribution in [3.05, 3.63) is 12.7 Å². The summed E-state index contributed by atoms with van der Waals surface area (Å²) in [5.41, 5.74) is 0. The Kier molecular flexibility index (Phi) is 7.88. The van der Waals surface area contributed by atoms with Crippen molar-refractivity contribution in [1.29, 1.82) is 0 Å². The van der Waals surface area contributed by atoms with Crippen LogP contribution in [0.25, 0.3) is 0 Å². The minimum absolute atomic E-state index is 0.0830. The van der Waals surface area contributed by atoms with Gasteiger partial charge in [0, 0.05) is 13.0 Å². The number of hydrogen-bond donors (Lipinski definition) is 0. The van der Waals surface area contributed by atoms with Gasteiger partial charge in [-0.1, -0.05) is 27.4 Å². The van der Waals surface area contributed by atoms with Gasteiger partial charge in [0.05, 0.1) is 19.6 Å². The Labute approximate surface area is 106 Å². The van der Waals surface area contributed by atoms with Crippen LogP contribution in [0.4, 0.5) is 0 Å². The summed E-state index contributed by atoms with van der Waals surface area (Å²) in [6, 6.07) is 0. The zero-order valence-corrected chi connectivity index (χ0v) is 11.9. The molecule has 100 valence electrons. The van der Waals surface area contributed by atoms with Gasteiger partial charge in [0.15, 0.2) is 0 Å². The lowest BCUT2D eigenvalue weighted by Crippen LogP contribution is -2.57. The molecule has 3 nitrogen and oxygen atoms in total. The first-order valence-electron chi connectivity index (χ1n) is 6.75. The van der Waals surface area contributed by atoms with Gasteiger partial charge < -0.3 is 4.74 Å². The second kappa shape index (κ2) is 8.29. The fraction of sp³-hybridized carbons (Fsp3) is 0.786. The van der Waals surface area contributed by atoms with Crippen LogP contribution in [-0.2, 0) is 9.53 Å². The SMILES string of the molecule is C=CC(=O)OC(C)[N+](CCC)(CCC)CCC. The van der Waals surface area contributed by atoms with Crippen LogP contribution in [0.5, 0.6) is 0 Å². The Morgan fingerprint density at radius 1 is 1.18 bits per heavy atom. The van der Waals surface area contributed by atoms with E-state index in [1.807, 2.05) is 6.92 Å². The minimum Gasteiger partial charge on any atom is -0.410 e. The molecule has 0 spiro atoms. The fourth-order valence-corrected chi connectivity index (χ4v) is 2.54. The third kappa shape index (κ3) is 4.90. The Morgan fingerprint density at radius 2 is 1.59 bits per heavy atom. The van der Waals surface area contributed by atoms with Gasteiger partial charge in [0.2, 0.25) is 6.23 Å². The van der Waals surface area contributed by atoms with Crippen LogP contribution in [0.3, 0.4) is 0 Å². The summed E-state index contributed by atoms with van der Waals surface area (Å²) < 4.78 is 6.32. The van der Waals surface area contributed by atoms with Gasteiger partial charge in [-0.2, -0.15) is 0 Å². The van der Waals surface area contributed by atoms with E-state index in [-0.39, 0.29) is 12.2 Å². The number of hydrogen-bond acceptors (Lipinski definition) is 2. The van der Waals surface area contributed by atoms with Crippen molar-refractivity contribution in [3.8, 4) is 0 Å². The van der Waals surface area contributed by atoms with Crippen LogP contribution in [-0.4, -0.2) is 36.3 Å². The van der Waals surface area contributed by atoms with Crippen LogP contribution in [0, 0.1) is 0 Å². The summed E-state index contributed by atoms with van der Waals surface area (Å²) in [5, 5.41) is 0. The Balaban J connectivity index is 4.82. The van der Waals surface area contributed by atoms with E-state index in [1.165, 1.54) is 6.08 Å². The average molecular weight is 242 g/mol. The first kappa shape index (κ1) is 16.2. The second-order valence-corrected chi connectivity index (χ2v) is 4.63. The smallest absolute Gasteiger partial charge is 0.334 e. The van der Waals surface area contributed by atoms with E-state index in [1.54, 1.807) is 0 Å². The molecular weight excluding hydrogens is 214 g/mol. The topological polar surface area (TPSA) is 26.3 Å². The molecule has 0 saturated carbocycles. The number of rotatable bonds is 9. The lowest BCUT2D eigenvalue weighted by atomic mass is 10.2. The molecule has 0 aliphatic rings. The third-order valence-corrected chi connectivity index (χ3v) is 3.23. The minimum atomic E-state index is -0.316. The molecule has 0 aromatic carbocycles. The van der Waals surface area contributed by atoms with E-state index in [4.69, 9.17) is 4.74 Å². The highest BCUT2D eigenvalue weighted by molar-refractivity contribution is 5.81. The molecule has 0 radical (unpaired) electrons. The molecule has 0 rings (SSSR count). The standard InChI is InChI=1S/C14H28NO2/c1-6-10-15(11-7-2,12-8-3)13(5)17-14(16)9-4/h9,13H,4,6-8,10-12H2,1-3,5H3/q+1. The van der Waals surface area contributed by atoms with Gasteiger partial charge in [-0.3, -0.25) is 4.48 Å². The highest BCUT2D eigenvalue weighted by Crippen LogP contribution is 2.18. The van der Waals surface area contributed by atoms with Crippen molar-refractivity contribution in [2.45, 2.75) is 53.2 Å². The summed E-state index contributed by atoms with van der Waals surface area (Å²) in [4.78, 5) is 11.3. The van der Waals surface area contributed by atoms with Gasteiger partial charge in [-0.15, -0.1) is 0 Å². The van der Waals surface area contributed by atoms with Crippen molar-refractivity contribution in [1.82, 2.24) is 0 Å². The Hall–Kier alpha value is -0.830. The molecule has 3 heteroatoms. The molecule has 17 heavy (non-hydrogen) atoms. The quantitative estimate of drug-likeness (QED) is 0.269. The summed E-state index contributed by atoms with van der Waals surface area (Å²) in [7, 11) is 0. The Bertz CT molecular complexity index is 221. The van der Waals surface area contributed by atoms with E-state index in [0.29, 0.717) is 0 Å². The first-order valence-corrected chi connectivity index (χ1v) is 6.75. The maximum Gasteiger partial charge on any atom is 0.334 e. The van der Waals surface area contributed by atoms with Crippen LogP contribution >= 0.6 is 0 Å². The molecular formula is C14H28NO2+. The molecule has 0 saturated heterocycles. The van der Waals surface area contributed by atoms with E-state index >= 15 is 0 Å². The first-order chi connectivity index (χ1) is 8.06. The van der Waals surface area contributed by atoms with E-state index < -0.39 is 0 Å². The van der Waals surface area contributed by atoms with Crippen molar-refractivity contribution in [3.63, 3.8) is 0 Å². The number of esters is 1. The normalized spacial score (nSPS) is 13.2. The number of carbonyl (C=O) groups is 1. The summed E-state index contributed by atoms with van der Waals surface area (Å²) >= 11 is 0. The molecule has 0 heterocycles. The summed E-state index contributed by atoms with van der Waals surface area (Å²) in [5.74, 6) is -0.316. The van der Waals surface area contributed by atoms with Gasteiger partial charge in [-0.25, -0.2) is 4.79 Å². The third-order valence-electron chi connectivity index (χ3n) is 3.23. The Morgan fingerprint density at radius 3 is 1.88 bits per heavy atom. The number of nitrogens with zero attached hydrogens (tertiary/aromatic N) is 1. The van der Waals surface area contributed by atoms with E-state index in [9.17, 15) is 4.79 Å². The fourth-order valence-electron chi connectivity index (χ4n) is 2.54. The number of quaternary nitrogens is 1. The predicted octanol–water partition coefficient (Wildman–Crippen LogP) is 3.11. The van der Waals surface area contributed by atoms with Crippen LogP contribution < -0.4 is 0 Å². The van der Waals surface area contributed by atoms with Crippen LogP contribution in [0.1, 0.15) is 47.0 Å². The van der Waals surface area contributed by atoms with E-state index in [0.717, 1.165) is 43.4 Å². The molecule has 0 N–H and O–H groups in total. The summed E-state index contributed by atoms with van der Waals surface area (Å²) in [6.07, 6.45) is 4.48. The average Bonchev–Trinajstić information content (AvgIpc) is 2.29. The molecule has 0 amide bonds. The molecule has 0 bridgehead atoms. The van der Waals surface area contributed by atoms with Gasteiger partial charge in [0.1, 0.15) is 0 Å². The molecule has 0 aromatic heterocycles. The monoisotopic (exact) mass is 242 g/mol. The van der Waals surface area contributed by atoms with Crippen LogP contribution in [0.2, 0.25) is 0 Å². The highest BCUT2D eigenvalue weighted by atomic mass is 16.6. The van der Waals surface area contributed by atoms with Crippen molar-refractivity contribution < 1.29 is 14.0 Å². The predicted molar refractivity (Wildman–Crippen MR) is 71.5 cm³/mol. The van der Waals surface area contributed by atoms with Crippen molar-refractivity contribution in [2.24, 2.45) is 0 Å². The maximum absolute atomic E-state index is 11.3. The number of ether oxygens (including phenoxy) is 1. The number of carbonyl (C=O) groups excluding carboxylic acids is 1.